The molecule has 0 heterocycles. The fourth-order valence-electron chi connectivity index (χ4n) is 1.68. The van der Waals surface area contributed by atoms with Crippen molar-refractivity contribution in [2.24, 2.45) is 11.8 Å². The van der Waals surface area contributed by atoms with Crippen molar-refractivity contribution in [1.29, 1.82) is 0 Å². The van der Waals surface area contributed by atoms with E-state index in [0.717, 1.165) is 17.1 Å². The van der Waals surface area contributed by atoms with Crippen LogP contribution in [0.5, 0.6) is 11.5 Å². The van der Waals surface area contributed by atoms with Gasteiger partial charge in [-0.25, -0.2) is 0 Å². The lowest BCUT2D eigenvalue weighted by Gasteiger charge is -2.24. The van der Waals surface area contributed by atoms with Gasteiger partial charge >= 0.3 is 0 Å². The van der Waals surface area contributed by atoms with Gasteiger partial charge in [0.2, 0.25) is 0 Å². The van der Waals surface area contributed by atoms with Crippen LogP contribution >= 0.6 is 15.9 Å². The maximum atomic E-state index is 5.41. The quantitative estimate of drug-likeness (QED) is 0.749. The number of methoxy groups -OCH3 is 2. The molecular weight excluding hydrogens is 280 g/mol. The molecule has 0 aliphatic heterocycles. The molecule has 17 heavy (non-hydrogen) atoms. The summed E-state index contributed by atoms with van der Waals surface area (Å²) in [5.74, 6) is 2.90. The smallest absolute Gasteiger partial charge is 0.123 e. The van der Waals surface area contributed by atoms with Crippen molar-refractivity contribution in [3.63, 3.8) is 0 Å². The first-order chi connectivity index (χ1) is 8.01. The van der Waals surface area contributed by atoms with E-state index in [0.29, 0.717) is 11.8 Å². The minimum Gasteiger partial charge on any atom is -0.497 e. The Balaban J connectivity index is 3.09. The Labute approximate surface area is 112 Å². The van der Waals surface area contributed by atoms with E-state index in [1.165, 1.54) is 0 Å². The lowest BCUT2D eigenvalue weighted by Crippen LogP contribution is -2.11. The summed E-state index contributed by atoms with van der Waals surface area (Å²) in [5, 5.41) is 0. The van der Waals surface area contributed by atoms with Crippen molar-refractivity contribution in [2.75, 3.05) is 14.2 Å². The third-order valence-electron chi connectivity index (χ3n) is 3.25. The van der Waals surface area contributed by atoms with Crippen LogP contribution in [0.4, 0.5) is 0 Å². The van der Waals surface area contributed by atoms with Gasteiger partial charge in [0.1, 0.15) is 11.5 Å². The number of hydrogen-bond donors (Lipinski definition) is 0. The molecule has 1 aromatic carbocycles. The predicted molar refractivity (Wildman–Crippen MR) is 75.2 cm³/mol. The molecule has 0 aliphatic rings. The van der Waals surface area contributed by atoms with E-state index >= 15 is 0 Å². The van der Waals surface area contributed by atoms with E-state index in [4.69, 9.17) is 9.47 Å². The predicted octanol–water partition coefficient (Wildman–Crippen LogP) is 4.43. The van der Waals surface area contributed by atoms with E-state index in [-0.39, 0.29) is 4.83 Å². The van der Waals surface area contributed by atoms with Crippen molar-refractivity contribution in [1.82, 2.24) is 0 Å². The van der Waals surface area contributed by atoms with Gasteiger partial charge in [-0.2, -0.15) is 0 Å². The van der Waals surface area contributed by atoms with Gasteiger partial charge in [-0.05, 0) is 30.0 Å². The second-order valence-corrected chi connectivity index (χ2v) is 5.60. The highest BCUT2D eigenvalue weighted by Crippen LogP contribution is 2.41. The van der Waals surface area contributed by atoms with Crippen molar-refractivity contribution < 1.29 is 9.47 Å². The van der Waals surface area contributed by atoms with Crippen LogP contribution in [-0.2, 0) is 0 Å². The summed E-state index contributed by atoms with van der Waals surface area (Å²) < 4.78 is 10.7. The summed E-state index contributed by atoms with van der Waals surface area (Å²) in [5.41, 5.74) is 1.15. The van der Waals surface area contributed by atoms with Gasteiger partial charge in [0.25, 0.3) is 0 Å². The Morgan fingerprint density at radius 1 is 1.06 bits per heavy atom. The molecule has 0 amide bonds. The number of hydrogen-bond acceptors (Lipinski definition) is 2. The summed E-state index contributed by atoms with van der Waals surface area (Å²) in [6.07, 6.45) is 0. The number of benzene rings is 1. The topological polar surface area (TPSA) is 18.5 Å². The molecule has 0 fully saturated rings. The lowest BCUT2D eigenvalue weighted by molar-refractivity contribution is 0.379. The van der Waals surface area contributed by atoms with Gasteiger partial charge in [-0.15, -0.1) is 0 Å². The molecule has 0 spiro atoms. The summed E-state index contributed by atoms with van der Waals surface area (Å²) in [4.78, 5) is 0.271. The molecular formula is C14H21BrO2. The molecule has 2 unspecified atom stereocenters. The van der Waals surface area contributed by atoms with E-state index in [9.17, 15) is 0 Å². The molecule has 3 heteroatoms. The van der Waals surface area contributed by atoms with Gasteiger partial charge in [0, 0.05) is 10.4 Å². The SMILES string of the molecule is COc1ccc(OC)c(C(Br)C(C)C(C)C)c1. The molecule has 0 radical (unpaired) electrons. The Morgan fingerprint density at radius 2 is 1.71 bits per heavy atom. The molecule has 0 N–H and O–H groups in total. The lowest BCUT2D eigenvalue weighted by atomic mass is 9.90. The number of halogens is 1. The molecule has 0 aliphatic carbocycles. The Morgan fingerprint density at radius 3 is 2.18 bits per heavy atom. The minimum atomic E-state index is 0.271. The van der Waals surface area contributed by atoms with Crippen LogP contribution in [0.2, 0.25) is 0 Å². The summed E-state index contributed by atoms with van der Waals surface area (Å²) in [7, 11) is 3.38. The molecule has 0 aromatic heterocycles. The van der Waals surface area contributed by atoms with Crippen LogP contribution in [0.25, 0.3) is 0 Å². The number of ether oxygens (including phenoxy) is 2. The second-order valence-electron chi connectivity index (χ2n) is 4.61. The van der Waals surface area contributed by atoms with E-state index in [2.05, 4.69) is 36.7 Å². The average molecular weight is 301 g/mol. The number of alkyl halides is 1. The van der Waals surface area contributed by atoms with Crippen LogP contribution in [0, 0.1) is 11.8 Å². The molecule has 2 nitrogen and oxygen atoms in total. The Hall–Kier alpha value is -0.700. The van der Waals surface area contributed by atoms with Gasteiger partial charge in [-0.3, -0.25) is 0 Å². The first-order valence-corrected chi connectivity index (χ1v) is 6.78. The van der Waals surface area contributed by atoms with E-state index in [1.54, 1.807) is 14.2 Å². The monoisotopic (exact) mass is 300 g/mol. The maximum absolute atomic E-state index is 5.41. The average Bonchev–Trinajstić information content (AvgIpc) is 2.35. The highest BCUT2D eigenvalue weighted by atomic mass is 79.9. The summed E-state index contributed by atoms with van der Waals surface area (Å²) in [6.45, 7) is 6.69. The molecule has 2 atom stereocenters. The van der Waals surface area contributed by atoms with Crippen molar-refractivity contribution in [2.45, 2.75) is 25.6 Å². The van der Waals surface area contributed by atoms with Crippen LogP contribution in [0.15, 0.2) is 18.2 Å². The normalized spacial score (nSPS) is 14.5. The fourth-order valence-corrected chi connectivity index (χ4v) is 2.64. The largest absolute Gasteiger partial charge is 0.497 e. The molecule has 0 saturated heterocycles. The van der Waals surface area contributed by atoms with Crippen molar-refractivity contribution in [3.8, 4) is 11.5 Å². The fraction of sp³-hybridized carbons (Fsp3) is 0.571. The Kier molecular flexibility index (Phi) is 5.31. The first kappa shape index (κ1) is 14.4. The van der Waals surface area contributed by atoms with Crippen molar-refractivity contribution >= 4 is 15.9 Å². The zero-order valence-electron chi connectivity index (χ0n) is 11.2. The zero-order chi connectivity index (χ0) is 13.0. The minimum absolute atomic E-state index is 0.271. The first-order valence-electron chi connectivity index (χ1n) is 5.87. The molecule has 0 bridgehead atoms. The van der Waals surface area contributed by atoms with Crippen LogP contribution in [-0.4, -0.2) is 14.2 Å². The molecule has 0 saturated carbocycles. The van der Waals surface area contributed by atoms with Crippen LogP contribution < -0.4 is 9.47 Å². The molecule has 1 rings (SSSR count). The van der Waals surface area contributed by atoms with Gasteiger partial charge in [-0.1, -0.05) is 36.7 Å². The third kappa shape index (κ3) is 3.38. The van der Waals surface area contributed by atoms with Gasteiger partial charge in [0.05, 0.1) is 14.2 Å². The van der Waals surface area contributed by atoms with Crippen LogP contribution in [0.1, 0.15) is 31.2 Å². The highest BCUT2D eigenvalue weighted by molar-refractivity contribution is 9.09. The van der Waals surface area contributed by atoms with E-state index < -0.39 is 0 Å². The number of rotatable bonds is 5. The van der Waals surface area contributed by atoms with Crippen LogP contribution in [0.3, 0.4) is 0 Å². The molecule has 96 valence electrons. The Bertz CT molecular complexity index is 363. The standard InChI is InChI=1S/C14H21BrO2/c1-9(2)10(3)14(15)12-8-11(16-4)6-7-13(12)17-5/h6-10,14H,1-5H3. The highest BCUT2D eigenvalue weighted by Gasteiger charge is 2.22. The van der Waals surface area contributed by atoms with Gasteiger partial charge < -0.3 is 9.47 Å². The zero-order valence-corrected chi connectivity index (χ0v) is 12.7. The second kappa shape index (κ2) is 6.29. The maximum Gasteiger partial charge on any atom is 0.123 e. The summed E-state index contributed by atoms with van der Waals surface area (Å²) >= 11 is 3.77. The van der Waals surface area contributed by atoms with Gasteiger partial charge in [0.15, 0.2) is 0 Å². The summed E-state index contributed by atoms with van der Waals surface area (Å²) in [6, 6.07) is 5.91. The van der Waals surface area contributed by atoms with E-state index in [1.807, 2.05) is 18.2 Å². The molecule has 1 aromatic rings. The third-order valence-corrected chi connectivity index (χ3v) is 4.57. The van der Waals surface area contributed by atoms with Crippen molar-refractivity contribution in [3.05, 3.63) is 23.8 Å².